The van der Waals surface area contributed by atoms with Crippen LogP contribution in [0.25, 0.3) is 22.3 Å². The van der Waals surface area contributed by atoms with E-state index in [-0.39, 0.29) is 49.9 Å². The Labute approximate surface area is 265 Å². The molecule has 0 atom stereocenters. The molecule has 0 saturated carbocycles. The van der Waals surface area contributed by atoms with Gasteiger partial charge in [-0.15, -0.1) is 0 Å². The van der Waals surface area contributed by atoms with Crippen LogP contribution in [0.4, 0.5) is 4.39 Å². The number of halogens is 1. The molecule has 0 fully saturated rings. The second-order valence-electron chi connectivity index (χ2n) is 10.8. The lowest BCUT2D eigenvalue weighted by atomic mass is 9.95. The SMILES string of the molecule is C=C(C)C(=O)OCCOc1c(-c2ccc(OCCO)c(CCOC(=O)C(=C)C)c2)ccc(-c2ccc(CCCCC)cc2)c1F. The third kappa shape index (κ3) is 10.3. The topological polar surface area (TPSA) is 91.3 Å². The van der Waals surface area contributed by atoms with Crippen LogP contribution in [0, 0.1) is 5.82 Å². The van der Waals surface area contributed by atoms with Crippen LogP contribution in [0.3, 0.4) is 0 Å². The molecule has 0 amide bonds. The third-order valence-corrected chi connectivity index (χ3v) is 7.02. The molecule has 0 heterocycles. The molecular formula is C37H43FO7. The number of aliphatic hydroxyl groups excluding tert-OH is 1. The van der Waals surface area contributed by atoms with E-state index in [4.69, 9.17) is 18.9 Å². The number of carbonyl (C=O) groups is 2. The van der Waals surface area contributed by atoms with Crippen molar-refractivity contribution in [3.8, 4) is 33.8 Å². The van der Waals surface area contributed by atoms with Gasteiger partial charge in [0.15, 0.2) is 11.6 Å². The highest BCUT2D eigenvalue weighted by atomic mass is 19.1. The molecule has 0 radical (unpaired) electrons. The first-order valence-electron chi connectivity index (χ1n) is 15.2. The summed E-state index contributed by atoms with van der Waals surface area (Å²) >= 11 is 0. The molecule has 7 nitrogen and oxygen atoms in total. The minimum Gasteiger partial charge on any atom is -0.491 e. The van der Waals surface area contributed by atoms with Crippen LogP contribution in [-0.4, -0.2) is 50.1 Å². The molecule has 1 N–H and O–H groups in total. The molecule has 3 aromatic rings. The highest BCUT2D eigenvalue weighted by Gasteiger charge is 2.20. The van der Waals surface area contributed by atoms with Crippen LogP contribution < -0.4 is 9.47 Å². The van der Waals surface area contributed by atoms with Gasteiger partial charge in [-0.25, -0.2) is 14.0 Å². The second kappa shape index (κ2) is 17.8. The van der Waals surface area contributed by atoms with Crippen molar-refractivity contribution in [1.29, 1.82) is 0 Å². The number of hydrogen-bond donors (Lipinski definition) is 1. The molecule has 240 valence electrons. The van der Waals surface area contributed by atoms with E-state index in [0.29, 0.717) is 40.0 Å². The summed E-state index contributed by atoms with van der Waals surface area (Å²) in [6.45, 7) is 12.3. The maximum absolute atomic E-state index is 16.3. The Balaban J connectivity index is 1.98. The fourth-order valence-electron chi connectivity index (χ4n) is 4.59. The summed E-state index contributed by atoms with van der Waals surface area (Å²) < 4.78 is 38.4. The van der Waals surface area contributed by atoms with E-state index in [1.165, 1.54) is 5.56 Å². The van der Waals surface area contributed by atoms with Crippen molar-refractivity contribution in [2.24, 2.45) is 0 Å². The lowest BCUT2D eigenvalue weighted by Crippen LogP contribution is -2.13. The van der Waals surface area contributed by atoms with Gasteiger partial charge in [0, 0.05) is 28.7 Å². The van der Waals surface area contributed by atoms with Crippen LogP contribution in [0.15, 0.2) is 78.9 Å². The van der Waals surface area contributed by atoms with Crippen molar-refractivity contribution >= 4 is 11.9 Å². The monoisotopic (exact) mass is 618 g/mol. The molecule has 0 bridgehead atoms. The first kappa shape index (κ1) is 35.1. The van der Waals surface area contributed by atoms with Crippen LogP contribution in [0.2, 0.25) is 0 Å². The van der Waals surface area contributed by atoms with Gasteiger partial charge in [-0.05, 0) is 67.1 Å². The van der Waals surface area contributed by atoms with Crippen molar-refractivity contribution < 1.29 is 38.0 Å². The Morgan fingerprint density at radius 1 is 0.756 bits per heavy atom. The Morgan fingerprint density at radius 3 is 2.04 bits per heavy atom. The van der Waals surface area contributed by atoms with Gasteiger partial charge in [0.05, 0.1) is 13.2 Å². The third-order valence-electron chi connectivity index (χ3n) is 7.02. The minimum absolute atomic E-state index is 0.00887. The lowest BCUT2D eigenvalue weighted by molar-refractivity contribution is -0.140. The maximum Gasteiger partial charge on any atom is 0.333 e. The normalized spacial score (nSPS) is 10.7. The molecule has 0 aromatic heterocycles. The standard InChI is InChI=1S/C37H43FO7/c1-6-7-8-9-27-10-12-28(13-11-27)31-15-16-32(35(34(31)38)43-22-23-45-37(41)26(4)5)29-14-17-33(42-21-19-39)30(24-29)18-20-44-36(40)25(2)3/h10-17,24,39H,2,4,6-9,18-23H2,1,3,5H3. The van der Waals surface area contributed by atoms with Crippen molar-refractivity contribution in [1.82, 2.24) is 0 Å². The van der Waals surface area contributed by atoms with E-state index < -0.39 is 17.8 Å². The fourth-order valence-corrected chi connectivity index (χ4v) is 4.59. The van der Waals surface area contributed by atoms with Gasteiger partial charge in [0.1, 0.15) is 25.6 Å². The Morgan fingerprint density at radius 2 is 1.40 bits per heavy atom. The summed E-state index contributed by atoms with van der Waals surface area (Å²) in [5.41, 5.74) is 4.65. The molecule has 0 unspecified atom stereocenters. The van der Waals surface area contributed by atoms with Crippen LogP contribution >= 0.6 is 0 Å². The summed E-state index contributed by atoms with van der Waals surface area (Å²) in [5.74, 6) is -1.09. The molecule has 0 aliphatic rings. The van der Waals surface area contributed by atoms with Gasteiger partial charge in [0.25, 0.3) is 0 Å². The number of ether oxygens (including phenoxy) is 4. The van der Waals surface area contributed by atoms with Gasteiger partial charge < -0.3 is 24.1 Å². The molecule has 0 spiro atoms. The predicted molar refractivity (Wildman–Crippen MR) is 174 cm³/mol. The maximum atomic E-state index is 16.3. The van der Waals surface area contributed by atoms with Crippen LogP contribution in [0.1, 0.15) is 51.2 Å². The number of aryl methyl sites for hydroxylation is 1. The average molecular weight is 619 g/mol. The number of rotatable bonds is 18. The Kier molecular flexibility index (Phi) is 13.8. The largest absolute Gasteiger partial charge is 0.491 e. The zero-order valence-electron chi connectivity index (χ0n) is 26.5. The first-order valence-corrected chi connectivity index (χ1v) is 15.2. The lowest BCUT2D eigenvalue weighted by Gasteiger charge is -2.18. The zero-order valence-corrected chi connectivity index (χ0v) is 26.5. The number of unbranched alkanes of at least 4 members (excludes halogenated alkanes) is 2. The van der Waals surface area contributed by atoms with E-state index in [0.717, 1.165) is 25.7 Å². The van der Waals surface area contributed by atoms with E-state index in [1.807, 2.05) is 30.3 Å². The molecule has 3 aromatic carbocycles. The van der Waals surface area contributed by atoms with Gasteiger partial charge in [-0.2, -0.15) is 0 Å². The van der Waals surface area contributed by atoms with Gasteiger partial charge in [-0.3, -0.25) is 0 Å². The number of esters is 2. The summed E-state index contributed by atoms with van der Waals surface area (Å²) in [4.78, 5) is 23.8. The average Bonchev–Trinajstić information content (AvgIpc) is 3.03. The highest BCUT2D eigenvalue weighted by molar-refractivity contribution is 5.87. The fraction of sp³-hybridized carbons (Fsp3) is 0.351. The Hall–Kier alpha value is -4.43. The molecule has 3 rings (SSSR count). The van der Waals surface area contributed by atoms with Gasteiger partial charge in [-0.1, -0.05) is 69.3 Å². The van der Waals surface area contributed by atoms with Crippen LogP contribution in [-0.2, 0) is 31.9 Å². The highest BCUT2D eigenvalue weighted by Crippen LogP contribution is 2.39. The molecule has 0 aliphatic heterocycles. The summed E-state index contributed by atoms with van der Waals surface area (Å²) in [6.07, 6.45) is 4.70. The second-order valence-corrected chi connectivity index (χ2v) is 10.8. The Bertz CT molecular complexity index is 1480. The van der Waals surface area contributed by atoms with Gasteiger partial charge in [0.2, 0.25) is 0 Å². The van der Waals surface area contributed by atoms with Gasteiger partial charge >= 0.3 is 11.9 Å². The molecule has 0 saturated heterocycles. The number of hydrogen-bond acceptors (Lipinski definition) is 7. The smallest absolute Gasteiger partial charge is 0.333 e. The zero-order chi connectivity index (χ0) is 32.8. The van der Waals surface area contributed by atoms with E-state index in [9.17, 15) is 14.7 Å². The van der Waals surface area contributed by atoms with E-state index in [2.05, 4.69) is 20.1 Å². The van der Waals surface area contributed by atoms with Crippen molar-refractivity contribution in [3.05, 3.63) is 95.8 Å². The quantitative estimate of drug-likeness (QED) is 0.0901. The number of benzene rings is 3. The summed E-state index contributed by atoms with van der Waals surface area (Å²) in [6, 6.07) is 16.7. The van der Waals surface area contributed by atoms with E-state index >= 15 is 4.39 Å². The first-order chi connectivity index (χ1) is 21.7. The molecule has 8 heteroatoms. The predicted octanol–water partition coefficient (Wildman–Crippen LogP) is 7.42. The number of carbonyl (C=O) groups excluding carboxylic acids is 2. The van der Waals surface area contributed by atoms with E-state index in [1.54, 1.807) is 38.1 Å². The summed E-state index contributed by atoms with van der Waals surface area (Å²) in [7, 11) is 0. The van der Waals surface area contributed by atoms with Crippen molar-refractivity contribution in [3.63, 3.8) is 0 Å². The number of aliphatic hydroxyl groups is 1. The van der Waals surface area contributed by atoms with Crippen molar-refractivity contribution in [2.45, 2.75) is 52.9 Å². The molecular weight excluding hydrogens is 575 g/mol. The van der Waals surface area contributed by atoms with Crippen LogP contribution in [0.5, 0.6) is 11.5 Å². The summed E-state index contributed by atoms with van der Waals surface area (Å²) in [5, 5.41) is 9.28. The van der Waals surface area contributed by atoms with Crippen molar-refractivity contribution in [2.75, 3.05) is 33.0 Å². The minimum atomic E-state index is -0.553. The molecule has 0 aliphatic carbocycles. The molecule has 45 heavy (non-hydrogen) atoms.